The topological polar surface area (TPSA) is 37.3 Å². The molecule has 16 heavy (non-hydrogen) atoms. The van der Waals surface area contributed by atoms with Gasteiger partial charge in [-0.2, -0.15) is 0 Å². The number of phenols is 1. The fraction of sp³-hybridized carbons (Fsp3) is 0.154. The summed E-state index contributed by atoms with van der Waals surface area (Å²) in [6, 6.07) is 7.26. The Balaban J connectivity index is 2.49. The summed E-state index contributed by atoms with van der Waals surface area (Å²) in [4.78, 5) is 11.8. The number of carbonyl (C=O) groups excluding carboxylic acids is 1. The van der Waals surface area contributed by atoms with Crippen LogP contribution in [0.25, 0.3) is 10.8 Å². The molecule has 0 spiro atoms. The highest BCUT2D eigenvalue weighted by Crippen LogP contribution is 2.36. The normalized spacial score (nSPS) is 14.4. The Bertz CT molecular complexity index is 617. The van der Waals surface area contributed by atoms with Crippen LogP contribution < -0.4 is 0 Å². The molecule has 0 radical (unpaired) electrons. The predicted octanol–water partition coefficient (Wildman–Crippen LogP) is 3.44. The van der Waals surface area contributed by atoms with E-state index in [1.165, 1.54) is 0 Å². The smallest absolute Gasteiger partial charge is 0.164 e. The van der Waals surface area contributed by atoms with E-state index in [1.807, 2.05) is 12.1 Å². The number of phenolic OH excluding ortho intramolecular Hbond substituents is 1. The minimum atomic E-state index is 0.201. The standard InChI is InChI=1S/C13H9BrO2/c14-10-6-9(15)5-8-2-1-7-3-4-11(16)13(7)12(8)10/h1-2,5-6,15H,3-4H2. The lowest BCUT2D eigenvalue weighted by molar-refractivity contribution is 0.0996. The maximum absolute atomic E-state index is 11.8. The molecule has 0 atom stereocenters. The average Bonchev–Trinajstić information content (AvgIpc) is 2.60. The molecule has 1 N–H and O–H groups in total. The molecule has 0 aliphatic heterocycles. The van der Waals surface area contributed by atoms with Crippen LogP contribution >= 0.6 is 15.9 Å². The van der Waals surface area contributed by atoms with Crippen LogP contribution in [0.15, 0.2) is 28.7 Å². The molecule has 0 unspecified atom stereocenters. The zero-order chi connectivity index (χ0) is 11.3. The van der Waals surface area contributed by atoms with Crippen molar-refractivity contribution in [1.82, 2.24) is 0 Å². The summed E-state index contributed by atoms with van der Waals surface area (Å²) in [7, 11) is 0. The lowest BCUT2D eigenvalue weighted by atomic mass is 10.0. The van der Waals surface area contributed by atoms with E-state index in [1.54, 1.807) is 12.1 Å². The van der Waals surface area contributed by atoms with Gasteiger partial charge in [0, 0.05) is 21.8 Å². The summed E-state index contributed by atoms with van der Waals surface area (Å²) >= 11 is 3.42. The van der Waals surface area contributed by atoms with E-state index < -0.39 is 0 Å². The van der Waals surface area contributed by atoms with E-state index in [0.29, 0.717) is 6.42 Å². The van der Waals surface area contributed by atoms with Crippen molar-refractivity contribution in [3.63, 3.8) is 0 Å². The first kappa shape index (κ1) is 9.85. The minimum Gasteiger partial charge on any atom is -0.508 e. The van der Waals surface area contributed by atoms with Gasteiger partial charge in [0.05, 0.1) is 0 Å². The van der Waals surface area contributed by atoms with Crippen LogP contribution in [0.2, 0.25) is 0 Å². The van der Waals surface area contributed by atoms with Crippen LogP contribution in [0.1, 0.15) is 22.3 Å². The highest BCUT2D eigenvalue weighted by molar-refractivity contribution is 9.10. The van der Waals surface area contributed by atoms with E-state index in [-0.39, 0.29) is 11.5 Å². The molecule has 0 heterocycles. The average molecular weight is 277 g/mol. The summed E-state index contributed by atoms with van der Waals surface area (Å²) in [5.41, 5.74) is 1.94. The molecule has 0 amide bonds. The van der Waals surface area contributed by atoms with Gasteiger partial charge in [0.1, 0.15) is 5.75 Å². The van der Waals surface area contributed by atoms with Gasteiger partial charge in [0.2, 0.25) is 0 Å². The lowest BCUT2D eigenvalue weighted by Crippen LogP contribution is -1.93. The van der Waals surface area contributed by atoms with Gasteiger partial charge in [-0.25, -0.2) is 0 Å². The first-order valence-corrected chi connectivity index (χ1v) is 5.93. The van der Waals surface area contributed by atoms with Crippen molar-refractivity contribution in [3.05, 3.63) is 39.9 Å². The molecule has 1 aliphatic carbocycles. The Kier molecular flexibility index (Phi) is 2.04. The number of rotatable bonds is 0. The Morgan fingerprint density at radius 2 is 2.00 bits per heavy atom. The molecular formula is C13H9BrO2. The quantitative estimate of drug-likeness (QED) is 0.801. The number of fused-ring (bicyclic) bond motifs is 3. The van der Waals surface area contributed by atoms with E-state index in [2.05, 4.69) is 15.9 Å². The van der Waals surface area contributed by atoms with E-state index >= 15 is 0 Å². The lowest BCUT2D eigenvalue weighted by Gasteiger charge is -2.07. The second-order valence-electron chi connectivity index (χ2n) is 4.05. The van der Waals surface area contributed by atoms with Gasteiger partial charge in [-0.05, 0) is 45.4 Å². The van der Waals surface area contributed by atoms with Gasteiger partial charge >= 0.3 is 0 Å². The summed E-state index contributed by atoms with van der Waals surface area (Å²) in [5.74, 6) is 0.414. The number of Topliss-reactive ketones (excluding diaryl/α,β-unsaturated/α-hetero) is 1. The number of benzene rings is 2. The number of carbonyl (C=O) groups is 1. The number of hydrogen-bond acceptors (Lipinski definition) is 2. The van der Waals surface area contributed by atoms with E-state index in [4.69, 9.17) is 0 Å². The van der Waals surface area contributed by atoms with Crippen LogP contribution in [-0.2, 0) is 6.42 Å². The van der Waals surface area contributed by atoms with Crippen LogP contribution in [0.5, 0.6) is 5.75 Å². The third kappa shape index (κ3) is 1.28. The van der Waals surface area contributed by atoms with E-state index in [0.717, 1.165) is 32.8 Å². The fourth-order valence-corrected chi connectivity index (χ4v) is 3.00. The monoisotopic (exact) mass is 276 g/mol. The van der Waals surface area contributed by atoms with Gasteiger partial charge in [0.25, 0.3) is 0 Å². The fourth-order valence-electron chi connectivity index (χ4n) is 2.34. The molecule has 0 bridgehead atoms. The van der Waals surface area contributed by atoms with Crippen molar-refractivity contribution in [1.29, 1.82) is 0 Å². The highest BCUT2D eigenvalue weighted by atomic mass is 79.9. The predicted molar refractivity (Wildman–Crippen MR) is 66.0 cm³/mol. The molecule has 2 aromatic rings. The van der Waals surface area contributed by atoms with Crippen molar-refractivity contribution in [2.45, 2.75) is 12.8 Å². The maximum Gasteiger partial charge on any atom is 0.164 e. The highest BCUT2D eigenvalue weighted by Gasteiger charge is 2.23. The molecule has 0 fully saturated rings. The molecule has 0 saturated carbocycles. The molecule has 2 aromatic carbocycles. The number of ketones is 1. The third-order valence-corrected chi connectivity index (χ3v) is 3.67. The van der Waals surface area contributed by atoms with Gasteiger partial charge in [-0.1, -0.05) is 12.1 Å². The maximum atomic E-state index is 11.8. The summed E-state index contributed by atoms with van der Waals surface area (Å²) in [6.07, 6.45) is 1.43. The Morgan fingerprint density at radius 3 is 2.81 bits per heavy atom. The molecule has 2 nitrogen and oxygen atoms in total. The van der Waals surface area contributed by atoms with Crippen LogP contribution in [0, 0.1) is 0 Å². The first-order chi connectivity index (χ1) is 7.66. The first-order valence-electron chi connectivity index (χ1n) is 5.14. The largest absolute Gasteiger partial charge is 0.508 e. The van der Waals surface area contributed by atoms with Crippen molar-refractivity contribution in [3.8, 4) is 5.75 Å². The molecule has 0 saturated heterocycles. The SMILES string of the molecule is O=C1CCc2ccc3cc(O)cc(Br)c3c21. The Hall–Kier alpha value is -1.35. The zero-order valence-corrected chi connectivity index (χ0v) is 10.0. The number of hydrogen-bond donors (Lipinski definition) is 1. The van der Waals surface area contributed by atoms with Gasteiger partial charge in [0.15, 0.2) is 5.78 Å². The Labute approximate surface area is 101 Å². The minimum absolute atomic E-state index is 0.201. The van der Waals surface area contributed by atoms with Crippen LogP contribution in [0.4, 0.5) is 0 Å². The molecule has 0 aromatic heterocycles. The number of aryl methyl sites for hydroxylation is 1. The van der Waals surface area contributed by atoms with Crippen molar-refractivity contribution in [2.24, 2.45) is 0 Å². The summed E-state index contributed by atoms with van der Waals surface area (Å²) < 4.78 is 0.787. The second kappa shape index (κ2) is 3.32. The molecule has 1 aliphatic rings. The Morgan fingerprint density at radius 1 is 1.19 bits per heavy atom. The van der Waals surface area contributed by atoms with Crippen LogP contribution in [0.3, 0.4) is 0 Å². The van der Waals surface area contributed by atoms with Gasteiger partial charge < -0.3 is 5.11 Å². The van der Waals surface area contributed by atoms with Crippen molar-refractivity contribution < 1.29 is 9.90 Å². The summed E-state index contributed by atoms with van der Waals surface area (Å²) in [5, 5.41) is 11.3. The molecule has 80 valence electrons. The molecule has 3 rings (SSSR count). The van der Waals surface area contributed by atoms with Crippen molar-refractivity contribution >= 4 is 32.5 Å². The number of halogens is 1. The van der Waals surface area contributed by atoms with Gasteiger partial charge in [-0.3, -0.25) is 4.79 Å². The van der Waals surface area contributed by atoms with Crippen LogP contribution in [-0.4, -0.2) is 10.9 Å². The summed E-state index contributed by atoms with van der Waals surface area (Å²) in [6.45, 7) is 0. The molecule has 3 heteroatoms. The van der Waals surface area contributed by atoms with Gasteiger partial charge in [-0.15, -0.1) is 0 Å². The second-order valence-corrected chi connectivity index (χ2v) is 4.90. The number of aromatic hydroxyl groups is 1. The molecular weight excluding hydrogens is 268 g/mol. The van der Waals surface area contributed by atoms with Crippen molar-refractivity contribution in [2.75, 3.05) is 0 Å². The third-order valence-electron chi connectivity index (χ3n) is 3.04. The van der Waals surface area contributed by atoms with E-state index in [9.17, 15) is 9.90 Å². The zero-order valence-electron chi connectivity index (χ0n) is 8.46.